The first-order chi connectivity index (χ1) is 10.0. The van der Waals surface area contributed by atoms with E-state index in [0.29, 0.717) is 5.69 Å². The monoisotopic (exact) mass is 284 g/mol. The van der Waals surface area contributed by atoms with Gasteiger partial charge in [0.2, 0.25) is 0 Å². The molecular weight excluding hydrogens is 260 g/mol. The van der Waals surface area contributed by atoms with E-state index < -0.39 is 0 Å². The van der Waals surface area contributed by atoms with Crippen molar-refractivity contribution in [2.24, 2.45) is 0 Å². The predicted octanol–water partition coefficient (Wildman–Crippen LogP) is 4.52. The van der Waals surface area contributed by atoms with Crippen LogP contribution in [0.5, 0.6) is 5.75 Å². The molecular formula is C18H24N2O. The van der Waals surface area contributed by atoms with Gasteiger partial charge in [-0.25, -0.2) is 0 Å². The molecule has 0 bridgehead atoms. The highest BCUT2D eigenvalue weighted by atomic mass is 16.5. The number of para-hydroxylation sites is 2. The van der Waals surface area contributed by atoms with Gasteiger partial charge in [0.05, 0.1) is 17.5 Å². The Kier molecular flexibility index (Phi) is 4.73. The number of benzene rings is 2. The van der Waals surface area contributed by atoms with Crippen LogP contribution >= 0.6 is 0 Å². The molecule has 0 saturated heterocycles. The molecule has 0 radical (unpaired) electrons. The quantitative estimate of drug-likeness (QED) is 0.820. The molecule has 3 nitrogen and oxygen atoms in total. The summed E-state index contributed by atoms with van der Waals surface area (Å²) < 4.78 is 5.79. The smallest absolute Gasteiger partial charge is 0.144 e. The van der Waals surface area contributed by atoms with Gasteiger partial charge in [0.1, 0.15) is 5.75 Å². The predicted molar refractivity (Wildman–Crippen MR) is 90.5 cm³/mol. The molecule has 0 atom stereocenters. The minimum atomic E-state index is 0.107. The van der Waals surface area contributed by atoms with E-state index in [1.165, 1.54) is 11.3 Å². The molecule has 2 rings (SSSR count). The Balaban J connectivity index is 2.46. The van der Waals surface area contributed by atoms with E-state index in [-0.39, 0.29) is 6.10 Å². The van der Waals surface area contributed by atoms with Crippen LogP contribution in [-0.2, 0) is 0 Å². The maximum Gasteiger partial charge on any atom is 0.144 e. The lowest BCUT2D eigenvalue weighted by Gasteiger charge is -2.27. The second-order valence-corrected chi connectivity index (χ2v) is 5.39. The lowest BCUT2D eigenvalue weighted by molar-refractivity contribution is 0.244. The standard InChI is InChI=1S/C18H24N2O/c1-5-20(15-10-7-6-9-14(15)4)16-11-8-12-17(18(16)19)21-13(2)3/h6-13H,5,19H2,1-4H3. The molecule has 0 fully saturated rings. The number of aryl methyl sites for hydroxylation is 1. The zero-order valence-electron chi connectivity index (χ0n) is 13.3. The van der Waals surface area contributed by atoms with Gasteiger partial charge in [0.15, 0.2) is 0 Å². The topological polar surface area (TPSA) is 38.5 Å². The molecule has 2 N–H and O–H groups in total. The van der Waals surface area contributed by atoms with E-state index >= 15 is 0 Å². The number of nitrogens with two attached hydrogens (primary N) is 1. The molecule has 0 aliphatic rings. The summed E-state index contributed by atoms with van der Waals surface area (Å²) in [7, 11) is 0. The van der Waals surface area contributed by atoms with Gasteiger partial charge in [-0.2, -0.15) is 0 Å². The fourth-order valence-corrected chi connectivity index (χ4v) is 2.46. The van der Waals surface area contributed by atoms with Gasteiger partial charge < -0.3 is 15.4 Å². The second-order valence-electron chi connectivity index (χ2n) is 5.39. The third kappa shape index (κ3) is 3.30. The van der Waals surface area contributed by atoms with Crippen LogP contribution in [0.3, 0.4) is 0 Å². The van der Waals surface area contributed by atoms with Crippen LogP contribution in [0.1, 0.15) is 26.3 Å². The first kappa shape index (κ1) is 15.2. The van der Waals surface area contributed by atoms with Gasteiger partial charge in [-0.3, -0.25) is 0 Å². The van der Waals surface area contributed by atoms with Crippen LogP contribution < -0.4 is 15.4 Å². The molecule has 0 aliphatic heterocycles. The summed E-state index contributed by atoms with van der Waals surface area (Å²) in [5.74, 6) is 0.745. The van der Waals surface area contributed by atoms with E-state index in [1.54, 1.807) is 0 Å². The molecule has 0 aliphatic carbocycles. The van der Waals surface area contributed by atoms with Crippen LogP contribution in [0, 0.1) is 6.92 Å². The van der Waals surface area contributed by atoms with E-state index in [9.17, 15) is 0 Å². The van der Waals surface area contributed by atoms with Gasteiger partial charge in [0.25, 0.3) is 0 Å². The van der Waals surface area contributed by atoms with E-state index in [0.717, 1.165) is 18.0 Å². The molecule has 2 aromatic rings. The summed E-state index contributed by atoms with van der Waals surface area (Å²) in [6.07, 6.45) is 0.107. The van der Waals surface area contributed by atoms with Gasteiger partial charge in [-0.15, -0.1) is 0 Å². The third-order valence-corrected chi connectivity index (χ3v) is 3.42. The minimum absolute atomic E-state index is 0.107. The molecule has 3 heteroatoms. The highest BCUT2D eigenvalue weighted by Gasteiger charge is 2.15. The van der Waals surface area contributed by atoms with Crippen molar-refractivity contribution in [2.75, 3.05) is 17.2 Å². The number of nitrogen functional groups attached to an aromatic ring is 1. The third-order valence-electron chi connectivity index (χ3n) is 3.42. The lowest BCUT2D eigenvalue weighted by atomic mass is 10.1. The number of anilines is 3. The first-order valence-corrected chi connectivity index (χ1v) is 7.43. The number of ether oxygens (including phenoxy) is 1. The Morgan fingerprint density at radius 3 is 2.33 bits per heavy atom. The highest BCUT2D eigenvalue weighted by Crippen LogP contribution is 2.37. The number of nitrogens with zero attached hydrogens (tertiary/aromatic N) is 1. The molecule has 0 saturated carbocycles. The summed E-state index contributed by atoms with van der Waals surface area (Å²) in [4.78, 5) is 2.22. The number of hydrogen-bond donors (Lipinski definition) is 1. The SMILES string of the molecule is CCN(c1ccccc1C)c1cccc(OC(C)C)c1N. The first-order valence-electron chi connectivity index (χ1n) is 7.43. The summed E-state index contributed by atoms with van der Waals surface area (Å²) in [5.41, 5.74) is 10.4. The summed E-state index contributed by atoms with van der Waals surface area (Å²) >= 11 is 0. The fraction of sp³-hybridized carbons (Fsp3) is 0.333. The molecule has 0 heterocycles. The molecule has 0 amide bonds. The average Bonchev–Trinajstić information content (AvgIpc) is 2.45. The number of hydrogen-bond acceptors (Lipinski definition) is 3. The van der Waals surface area contributed by atoms with Crippen LogP contribution in [0.15, 0.2) is 42.5 Å². The molecule has 0 aromatic heterocycles. The van der Waals surface area contributed by atoms with Crippen molar-refractivity contribution in [2.45, 2.75) is 33.8 Å². The van der Waals surface area contributed by atoms with Crippen molar-refractivity contribution in [3.8, 4) is 5.75 Å². The maximum absolute atomic E-state index is 6.33. The molecule has 112 valence electrons. The Morgan fingerprint density at radius 2 is 1.71 bits per heavy atom. The van der Waals surface area contributed by atoms with Gasteiger partial charge in [-0.05, 0) is 51.5 Å². The van der Waals surface area contributed by atoms with Crippen molar-refractivity contribution in [3.63, 3.8) is 0 Å². The normalized spacial score (nSPS) is 10.7. The molecule has 0 unspecified atom stereocenters. The zero-order valence-corrected chi connectivity index (χ0v) is 13.3. The number of rotatable bonds is 5. The molecule has 0 spiro atoms. The van der Waals surface area contributed by atoms with Crippen LogP contribution in [0.2, 0.25) is 0 Å². The fourth-order valence-electron chi connectivity index (χ4n) is 2.46. The van der Waals surface area contributed by atoms with E-state index in [1.807, 2.05) is 38.1 Å². The van der Waals surface area contributed by atoms with Crippen LogP contribution in [-0.4, -0.2) is 12.6 Å². The van der Waals surface area contributed by atoms with Gasteiger partial charge >= 0.3 is 0 Å². The van der Waals surface area contributed by atoms with Crippen molar-refractivity contribution in [1.29, 1.82) is 0 Å². The van der Waals surface area contributed by atoms with Crippen molar-refractivity contribution >= 4 is 17.1 Å². The lowest BCUT2D eigenvalue weighted by Crippen LogP contribution is -2.19. The Labute approximate surface area is 127 Å². The summed E-state index contributed by atoms with van der Waals surface area (Å²) in [5, 5.41) is 0. The molecule has 21 heavy (non-hydrogen) atoms. The van der Waals surface area contributed by atoms with E-state index in [2.05, 4.69) is 36.9 Å². The highest BCUT2D eigenvalue weighted by molar-refractivity contribution is 5.80. The van der Waals surface area contributed by atoms with Crippen LogP contribution in [0.4, 0.5) is 17.1 Å². The Bertz CT molecular complexity index is 608. The largest absolute Gasteiger partial charge is 0.489 e. The summed E-state index contributed by atoms with van der Waals surface area (Å²) in [6, 6.07) is 14.3. The molecule has 2 aromatic carbocycles. The Morgan fingerprint density at radius 1 is 1.05 bits per heavy atom. The van der Waals surface area contributed by atoms with Gasteiger partial charge in [0, 0.05) is 12.2 Å². The van der Waals surface area contributed by atoms with Crippen molar-refractivity contribution < 1.29 is 4.74 Å². The summed E-state index contributed by atoms with van der Waals surface area (Å²) in [6.45, 7) is 9.10. The maximum atomic E-state index is 6.33. The average molecular weight is 284 g/mol. The zero-order chi connectivity index (χ0) is 15.4. The minimum Gasteiger partial charge on any atom is -0.489 e. The van der Waals surface area contributed by atoms with Crippen LogP contribution in [0.25, 0.3) is 0 Å². The Hall–Kier alpha value is -2.16. The second kappa shape index (κ2) is 6.53. The van der Waals surface area contributed by atoms with Crippen molar-refractivity contribution in [1.82, 2.24) is 0 Å². The van der Waals surface area contributed by atoms with Gasteiger partial charge in [-0.1, -0.05) is 24.3 Å². The van der Waals surface area contributed by atoms with E-state index in [4.69, 9.17) is 10.5 Å². The van der Waals surface area contributed by atoms with Crippen molar-refractivity contribution in [3.05, 3.63) is 48.0 Å².